The third-order valence-corrected chi connectivity index (χ3v) is 1.93. The van der Waals surface area contributed by atoms with E-state index in [9.17, 15) is 4.79 Å². The summed E-state index contributed by atoms with van der Waals surface area (Å²) < 4.78 is 1.96. The molecule has 0 aromatic carbocycles. The molecule has 0 atom stereocenters. The first-order valence-electron chi connectivity index (χ1n) is 4.22. The lowest BCUT2D eigenvalue weighted by Crippen LogP contribution is -2.20. The average Bonchev–Trinajstić information content (AvgIpc) is 2.51. The van der Waals surface area contributed by atoms with Gasteiger partial charge in [0.05, 0.1) is 0 Å². The normalized spacial score (nSPS) is 11.0. The summed E-state index contributed by atoms with van der Waals surface area (Å²) in [5.74, 6) is 0.790. The summed E-state index contributed by atoms with van der Waals surface area (Å²) in [5, 5.41) is 0. The fraction of sp³-hybridized carbons (Fsp3) is 0.556. The maximum Gasteiger partial charge on any atom is 0.235 e. The van der Waals surface area contributed by atoms with Gasteiger partial charge in [-0.05, 0) is 20.8 Å². The Kier molecular flexibility index (Phi) is 2.63. The molecule has 1 rings (SSSR count). The SMILES string of the molecule is CCn1ccnc1C(C)(C)N=C=O. The molecule has 0 radical (unpaired) electrons. The largest absolute Gasteiger partial charge is 0.333 e. The van der Waals surface area contributed by atoms with E-state index in [1.807, 2.05) is 31.5 Å². The zero-order valence-corrected chi connectivity index (χ0v) is 8.11. The maximum atomic E-state index is 10.2. The van der Waals surface area contributed by atoms with Gasteiger partial charge in [0, 0.05) is 18.9 Å². The molecule has 0 N–H and O–H groups in total. The summed E-state index contributed by atoms with van der Waals surface area (Å²) >= 11 is 0. The van der Waals surface area contributed by atoms with Crippen LogP contribution < -0.4 is 0 Å². The molecule has 0 unspecified atom stereocenters. The number of nitrogens with zero attached hydrogens (tertiary/aromatic N) is 3. The van der Waals surface area contributed by atoms with Gasteiger partial charge in [0.15, 0.2) is 0 Å². The number of aliphatic imine (C=N–C) groups is 1. The second kappa shape index (κ2) is 3.54. The zero-order valence-electron chi connectivity index (χ0n) is 8.11. The van der Waals surface area contributed by atoms with E-state index in [1.165, 1.54) is 0 Å². The van der Waals surface area contributed by atoms with Crippen LogP contribution in [0.4, 0.5) is 0 Å². The van der Waals surface area contributed by atoms with Crippen LogP contribution in [0.2, 0.25) is 0 Å². The lowest BCUT2D eigenvalue weighted by molar-refractivity contribution is 0.473. The summed E-state index contributed by atoms with van der Waals surface area (Å²) in [6, 6.07) is 0. The Labute approximate surface area is 77.3 Å². The lowest BCUT2D eigenvalue weighted by atomic mass is 10.1. The highest BCUT2D eigenvalue weighted by Gasteiger charge is 2.24. The van der Waals surface area contributed by atoms with Crippen molar-refractivity contribution in [3.8, 4) is 0 Å². The number of hydrogen-bond donors (Lipinski definition) is 0. The molecule has 4 nitrogen and oxygen atoms in total. The van der Waals surface area contributed by atoms with Crippen molar-refractivity contribution in [2.75, 3.05) is 0 Å². The molecule has 0 amide bonds. The van der Waals surface area contributed by atoms with Crippen molar-refractivity contribution in [3.63, 3.8) is 0 Å². The molecule has 0 saturated carbocycles. The smallest absolute Gasteiger partial charge is 0.235 e. The van der Waals surface area contributed by atoms with Crippen LogP contribution in [0.15, 0.2) is 17.4 Å². The minimum Gasteiger partial charge on any atom is -0.333 e. The molecule has 0 saturated heterocycles. The van der Waals surface area contributed by atoms with Crippen LogP contribution in [0.5, 0.6) is 0 Å². The second-order valence-corrected chi connectivity index (χ2v) is 3.30. The van der Waals surface area contributed by atoms with Crippen LogP contribution in [0.3, 0.4) is 0 Å². The van der Waals surface area contributed by atoms with Gasteiger partial charge in [0.2, 0.25) is 6.08 Å². The van der Waals surface area contributed by atoms with Gasteiger partial charge >= 0.3 is 0 Å². The van der Waals surface area contributed by atoms with Crippen molar-refractivity contribution in [1.29, 1.82) is 0 Å². The minimum absolute atomic E-state index is 0.582. The van der Waals surface area contributed by atoms with Crippen LogP contribution in [0, 0.1) is 0 Å². The Bertz CT molecular complexity index is 334. The van der Waals surface area contributed by atoms with E-state index in [4.69, 9.17) is 0 Å². The summed E-state index contributed by atoms with van der Waals surface area (Å²) in [6.45, 7) is 6.53. The molecule has 0 aliphatic rings. The van der Waals surface area contributed by atoms with Crippen molar-refractivity contribution in [2.24, 2.45) is 4.99 Å². The number of hydrogen-bond acceptors (Lipinski definition) is 3. The van der Waals surface area contributed by atoms with Crippen molar-refractivity contribution < 1.29 is 4.79 Å². The number of carbonyl (C=O) groups excluding carboxylic acids is 1. The Morgan fingerprint density at radius 1 is 1.69 bits per heavy atom. The summed E-state index contributed by atoms with van der Waals surface area (Å²) in [6.07, 6.45) is 5.15. The molecule has 1 heterocycles. The average molecular weight is 179 g/mol. The summed E-state index contributed by atoms with van der Waals surface area (Å²) in [4.78, 5) is 18.1. The number of aromatic nitrogens is 2. The van der Waals surface area contributed by atoms with E-state index in [2.05, 4.69) is 9.98 Å². The van der Waals surface area contributed by atoms with Crippen LogP contribution in [0.1, 0.15) is 26.6 Å². The number of rotatable bonds is 3. The molecule has 0 aliphatic carbocycles. The molecular formula is C9H13N3O. The maximum absolute atomic E-state index is 10.2. The Morgan fingerprint density at radius 2 is 2.38 bits per heavy atom. The molecule has 4 heteroatoms. The van der Waals surface area contributed by atoms with E-state index in [0.29, 0.717) is 0 Å². The molecule has 1 aromatic rings. The molecule has 0 bridgehead atoms. The lowest BCUT2D eigenvalue weighted by Gasteiger charge is -2.17. The predicted molar refractivity (Wildman–Crippen MR) is 49.0 cm³/mol. The van der Waals surface area contributed by atoms with Gasteiger partial charge in [-0.3, -0.25) is 0 Å². The fourth-order valence-corrected chi connectivity index (χ4v) is 1.26. The molecule has 70 valence electrons. The first-order valence-corrected chi connectivity index (χ1v) is 4.22. The number of isocyanates is 1. The number of imidazole rings is 1. The first kappa shape index (κ1) is 9.68. The fourth-order valence-electron chi connectivity index (χ4n) is 1.26. The van der Waals surface area contributed by atoms with Gasteiger partial charge in [-0.25, -0.2) is 9.78 Å². The highest BCUT2D eigenvalue weighted by molar-refractivity contribution is 5.35. The molecule has 0 aliphatic heterocycles. The van der Waals surface area contributed by atoms with Crippen LogP contribution in [-0.4, -0.2) is 15.6 Å². The van der Waals surface area contributed by atoms with Crippen molar-refractivity contribution in [3.05, 3.63) is 18.2 Å². The van der Waals surface area contributed by atoms with Crippen molar-refractivity contribution in [2.45, 2.75) is 32.9 Å². The topological polar surface area (TPSA) is 47.2 Å². The van der Waals surface area contributed by atoms with E-state index in [0.717, 1.165) is 12.4 Å². The highest BCUT2D eigenvalue weighted by atomic mass is 16.1. The summed E-state index contributed by atoms with van der Waals surface area (Å²) in [7, 11) is 0. The standard InChI is InChI=1S/C9H13N3O/c1-4-12-6-5-10-8(12)9(2,3)11-7-13/h5-6H,4H2,1-3H3. The van der Waals surface area contributed by atoms with Gasteiger partial charge in [-0.2, -0.15) is 4.99 Å². The van der Waals surface area contributed by atoms with E-state index in [-0.39, 0.29) is 0 Å². The molecule has 0 spiro atoms. The zero-order chi connectivity index (χ0) is 9.90. The van der Waals surface area contributed by atoms with E-state index >= 15 is 0 Å². The van der Waals surface area contributed by atoms with E-state index in [1.54, 1.807) is 12.3 Å². The molecular weight excluding hydrogens is 166 g/mol. The van der Waals surface area contributed by atoms with Gasteiger partial charge < -0.3 is 4.57 Å². The highest BCUT2D eigenvalue weighted by Crippen LogP contribution is 2.22. The number of aryl methyl sites for hydroxylation is 1. The Hall–Kier alpha value is -1.41. The molecule has 13 heavy (non-hydrogen) atoms. The van der Waals surface area contributed by atoms with Crippen molar-refractivity contribution >= 4 is 6.08 Å². The van der Waals surface area contributed by atoms with Gasteiger partial charge in [0.1, 0.15) is 11.4 Å². The van der Waals surface area contributed by atoms with Gasteiger partial charge in [0.25, 0.3) is 0 Å². The second-order valence-electron chi connectivity index (χ2n) is 3.30. The Balaban J connectivity index is 3.12. The predicted octanol–water partition coefficient (Wildman–Crippen LogP) is 1.47. The third-order valence-electron chi connectivity index (χ3n) is 1.93. The minimum atomic E-state index is -0.582. The van der Waals surface area contributed by atoms with Crippen LogP contribution in [-0.2, 0) is 16.9 Å². The van der Waals surface area contributed by atoms with Gasteiger partial charge in [-0.15, -0.1) is 0 Å². The quantitative estimate of drug-likeness (QED) is 0.521. The molecule has 0 fully saturated rings. The van der Waals surface area contributed by atoms with Gasteiger partial charge in [-0.1, -0.05) is 0 Å². The third kappa shape index (κ3) is 1.84. The van der Waals surface area contributed by atoms with Crippen LogP contribution in [0.25, 0.3) is 0 Å². The Morgan fingerprint density at radius 3 is 2.92 bits per heavy atom. The van der Waals surface area contributed by atoms with E-state index < -0.39 is 5.54 Å². The van der Waals surface area contributed by atoms with Crippen LogP contribution >= 0.6 is 0 Å². The van der Waals surface area contributed by atoms with Crippen molar-refractivity contribution in [1.82, 2.24) is 9.55 Å². The molecule has 1 aromatic heterocycles. The first-order chi connectivity index (χ1) is 6.11. The summed E-state index contributed by atoms with van der Waals surface area (Å²) in [5.41, 5.74) is -0.582. The monoisotopic (exact) mass is 179 g/mol.